The molecule has 0 amide bonds. The Balaban J connectivity index is 2.77. The predicted molar refractivity (Wildman–Crippen MR) is 49.5 cm³/mol. The van der Waals surface area contributed by atoms with Crippen molar-refractivity contribution in [2.24, 2.45) is 7.05 Å². The summed E-state index contributed by atoms with van der Waals surface area (Å²) < 4.78 is 31.7. The van der Waals surface area contributed by atoms with Crippen molar-refractivity contribution in [3.63, 3.8) is 0 Å². The SMILES string of the molecule is Cn1c(=O)on(-c2cc(F)ccc2F)c1=O. The van der Waals surface area contributed by atoms with Crippen molar-refractivity contribution >= 4 is 0 Å². The molecule has 84 valence electrons. The summed E-state index contributed by atoms with van der Waals surface area (Å²) in [5.74, 6) is -2.55. The highest BCUT2D eigenvalue weighted by molar-refractivity contribution is 5.31. The Morgan fingerprint density at radius 1 is 1.25 bits per heavy atom. The Hall–Kier alpha value is -2.18. The lowest BCUT2D eigenvalue weighted by molar-refractivity contribution is 0.306. The Bertz CT molecular complexity index is 654. The van der Waals surface area contributed by atoms with E-state index in [1.807, 2.05) is 0 Å². The van der Waals surface area contributed by atoms with Crippen molar-refractivity contribution in [2.75, 3.05) is 0 Å². The van der Waals surface area contributed by atoms with Gasteiger partial charge in [-0.15, -0.1) is 4.74 Å². The topological polar surface area (TPSA) is 57.1 Å². The van der Waals surface area contributed by atoms with E-state index < -0.39 is 28.8 Å². The fourth-order valence-corrected chi connectivity index (χ4v) is 1.19. The molecule has 7 heteroatoms. The molecule has 0 atom stereocenters. The summed E-state index contributed by atoms with van der Waals surface area (Å²) in [7, 11) is 1.17. The summed E-state index contributed by atoms with van der Waals surface area (Å²) in [4.78, 5) is 22.4. The van der Waals surface area contributed by atoms with E-state index in [0.29, 0.717) is 9.31 Å². The van der Waals surface area contributed by atoms with Gasteiger partial charge in [-0.2, -0.15) is 0 Å². The van der Waals surface area contributed by atoms with Crippen LogP contribution in [0.3, 0.4) is 0 Å². The maximum Gasteiger partial charge on any atom is 0.442 e. The van der Waals surface area contributed by atoms with Crippen molar-refractivity contribution in [1.29, 1.82) is 0 Å². The van der Waals surface area contributed by atoms with Gasteiger partial charge in [-0.05, 0) is 12.1 Å². The van der Waals surface area contributed by atoms with Crippen molar-refractivity contribution in [2.45, 2.75) is 0 Å². The van der Waals surface area contributed by atoms with Crippen LogP contribution < -0.4 is 11.4 Å². The van der Waals surface area contributed by atoms with Crippen LogP contribution in [0.5, 0.6) is 0 Å². The van der Waals surface area contributed by atoms with Crippen LogP contribution in [0.1, 0.15) is 0 Å². The maximum atomic E-state index is 13.3. The average molecular weight is 228 g/mol. The molecule has 0 spiro atoms. The first-order chi connectivity index (χ1) is 7.50. The summed E-state index contributed by atoms with van der Waals surface area (Å²) in [6.07, 6.45) is 0. The normalized spacial score (nSPS) is 10.7. The number of hydrogen-bond acceptors (Lipinski definition) is 3. The minimum Gasteiger partial charge on any atom is -0.311 e. The minimum absolute atomic E-state index is 0.404. The van der Waals surface area contributed by atoms with Gasteiger partial charge in [-0.3, -0.25) is 0 Å². The maximum absolute atomic E-state index is 13.3. The number of nitrogens with zero attached hydrogens (tertiary/aromatic N) is 2. The van der Waals surface area contributed by atoms with Gasteiger partial charge in [0.1, 0.15) is 11.5 Å². The third kappa shape index (κ3) is 1.46. The smallest absolute Gasteiger partial charge is 0.311 e. The summed E-state index contributed by atoms with van der Waals surface area (Å²) in [6.45, 7) is 0. The molecule has 1 aromatic heterocycles. The molecule has 0 aliphatic heterocycles. The molecule has 2 aromatic rings. The molecular weight excluding hydrogens is 222 g/mol. The molecule has 16 heavy (non-hydrogen) atoms. The van der Waals surface area contributed by atoms with Crippen LogP contribution in [0, 0.1) is 11.6 Å². The molecule has 0 radical (unpaired) electrons. The van der Waals surface area contributed by atoms with Crippen LogP contribution in [0.25, 0.3) is 5.69 Å². The van der Waals surface area contributed by atoms with Gasteiger partial charge in [0, 0.05) is 13.1 Å². The monoisotopic (exact) mass is 228 g/mol. The van der Waals surface area contributed by atoms with Gasteiger partial charge < -0.3 is 4.52 Å². The van der Waals surface area contributed by atoms with Gasteiger partial charge in [-0.1, -0.05) is 0 Å². The van der Waals surface area contributed by atoms with Crippen LogP contribution in [0.2, 0.25) is 0 Å². The van der Waals surface area contributed by atoms with Crippen LogP contribution in [-0.2, 0) is 7.05 Å². The molecule has 0 fully saturated rings. The highest BCUT2D eigenvalue weighted by Crippen LogP contribution is 2.12. The largest absolute Gasteiger partial charge is 0.442 e. The van der Waals surface area contributed by atoms with Gasteiger partial charge in [0.25, 0.3) is 0 Å². The number of rotatable bonds is 1. The minimum atomic E-state index is -0.950. The average Bonchev–Trinajstić information content (AvgIpc) is 2.50. The van der Waals surface area contributed by atoms with Crippen LogP contribution >= 0.6 is 0 Å². The lowest BCUT2D eigenvalue weighted by atomic mass is 10.3. The highest BCUT2D eigenvalue weighted by atomic mass is 19.1. The second-order valence-electron chi connectivity index (χ2n) is 3.09. The molecular formula is C9H6F2N2O3. The zero-order valence-electron chi connectivity index (χ0n) is 8.11. The fraction of sp³-hybridized carbons (Fsp3) is 0.111. The molecule has 0 saturated heterocycles. The zero-order valence-corrected chi connectivity index (χ0v) is 8.11. The van der Waals surface area contributed by atoms with Gasteiger partial charge in [-0.25, -0.2) is 22.9 Å². The predicted octanol–water partition coefficient (Wildman–Crippen LogP) is 0.407. The molecule has 1 heterocycles. The molecule has 1 aromatic carbocycles. The van der Waals surface area contributed by atoms with Gasteiger partial charge in [0.2, 0.25) is 0 Å². The third-order valence-corrected chi connectivity index (χ3v) is 2.03. The Morgan fingerprint density at radius 3 is 2.50 bits per heavy atom. The summed E-state index contributed by atoms with van der Waals surface area (Å²) in [6, 6.07) is 2.49. The van der Waals surface area contributed by atoms with Crippen LogP contribution in [0.4, 0.5) is 8.78 Å². The highest BCUT2D eigenvalue weighted by Gasteiger charge is 2.14. The van der Waals surface area contributed by atoms with Gasteiger partial charge in [0.15, 0.2) is 5.82 Å². The molecule has 0 aliphatic carbocycles. The molecule has 5 nitrogen and oxygen atoms in total. The number of hydrogen-bond donors (Lipinski definition) is 0. The number of aromatic nitrogens is 2. The van der Waals surface area contributed by atoms with Crippen LogP contribution in [-0.4, -0.2) is 9.31 Å². The van der Waals surface area contributed by atoms with Crippen molar-refractivity contribution < 1.29 is 13.3 Å². The fourth-order valence-electron chi connectivity index (χ4n) is 1.19. The van der Waals surface area contributed by atoms with E-state index in [2.05, 4.69) is 4.52 Å². The van der Waals surface area contributed by atoms with Gasteiger partial charge >= 0.3 is 11.4 Å². The van der Waals surface area contributed by atoms with Crippen molar-refractivity contribution in [3.05, 3.63) is 50.9 Å². The molecule has 0 bridgehead atoms. The van der Waals surface area contributed by atoms with E-state index in [-0.39, 0.29) is 0 Å². The Labute approximate surface area is 87.1 Å². The molecule has 0 aliphatic rings. The van der Waals surface area contributed by atoms with Crippen molar-refractivity contribution in [3.8, 4) is 5.69 Å². The van der Waals surface area contributed by atoms with E-state index in [0.717, 1.165) is 18.2 Å². The van der Waals surface area contributed by atoms with Crippen LogP contribution in [0.15, 0.2) is 32.3 Å². The quantitative estimate of drug-likeness (QED) is 0.710. The van der Waals surface area contributed by atoms with Gasteiger partial charge in [0.05, 0.1) is 0 Å². The summed E-state index contributed by atoms with van der Waals surface area (Å²) >= 11 is 0. The number of halogens is 2. The first-order valence-electron chi connectivity index (χ1n) is 4.25. The van der Waals surface area contributed by atoms with E-state index in [1.54, 1.807) is 0 Å². The molecule has 0 saturated carbocycles. The van der Waals surface area contributed by atoms with E-state index >= 15 is 0 Å². The first kappa shape index (κ1) is 10.3. The van der Waals surface area contributed by atoms with E-state index in [1.165, 1.54) is 7.05 Å². The zero-order chi connectivity index (χ0) is 11.9. The number of benzene rings is 1. The summed E-state index contributed by atoms with van der Waals surface area (Å²) in [5.41, 5.74) is -1.32. The first-order valence-corrected chi connectivity index (χ1v) is 4.25. The Kier molecular flexibility index (Phi) is 2.22. The molecule has 2 rings (SSSR count). The lowest BCUT2D eigenvalue weighted by Crippen LogP contribution is -2.25. The second kappa shape index (κ2) is 3.44. The van der Waals surface area contributed by atoms with E-state index in [4.69, 9.17) is 0 Å². The third-order valence-electron chi connectivity index (χ3n) is 2.03. The second-order valence-corrected chi connectivity index (χ2v) is 3.09. The van der Waals surface area contributed by atoms with E-state index in [9.17, 15) is 18.4 Å². The summed E-state index contributed by atoms with van der Waals surface area (Å²) in [5, 5.41) is 0. The lowest BCUT2D eigenvalue weighted by Gasteiger charge is -1.99. The molecule has 0 N–H and O–H groups in total. The molecule has 0 unspecified atom stereocenters. The standard InChI is InChI=1S/C9H6F2N2O3/c1-12-8(14)13(16-9(12)15)7-4-5(10)2-3-6(7)11/h2-4H,1H3. The Morgan fingerprint density at radius 2 is 1.94 bits per heavy atom. The van der Waals surface area contributed by atoms with Crippen molar-refractivity contribution in [1.82, 2.24) is 9.31 Å².